The lowest BCUT2D eigenvalue weighted by atomic mass is 9.91. The van der Waals surface area contributed by atoms with Crippen molar-refractivity contribution in [1.82, 2.24) is 9.97 Å². The molecule has 0 aliphatic carbocycles. The molecule has 0 unspecified atom stereocenters. The minimum absolute atomic E-state index is 0.00318. The largest absolute Gasteiger partial charge is 0.496 e. The summed E-state index contributed by atoms with van der Waals surface area (Å²) in [7, 11) is 2.48. The maximum atomic E-state index is 14.4. The molecule has 3 aromatic carbocycles. The molecular weight excluding hydrogens is 682 g/mol. The first-order valence-electron chi connectivity index (χ1n) is 15.5. The van der Waals surface area contributed by atoms with E-state index in [2.05, 4.69) is 9.97 Å². The molecule has 0 saturated carbocycles. The van der Waals surface area contributed by atoms with Gasteiger partial charge >= 0.3 is 18.3 Å². The Hall–Kier alpha value is -5.52. The molecule has 0 amide bonds. The molecule has 4 rings (SSSR count). The van der Waals surface area contributed by atoms with Gasteiger partial charge in [0.15, 0.2) is 5.75 Å². The van der Waals surface area contributed by atoms with Gasteiger partial charge in [0.2, 0.25) is 5.95 Å². The number of anilines is 1. The van der Waals surface area contributed by atoms with Crippen LogP contribution in [0.1, 0.15) is 66.0 Å². The summed E-state index contributed by atoms with van der Waals surface area (Å²) >= 11 is 0. The van der Waals surface area contributed by atoms with Gasteiger partial charge in [-0.15, -0.1) is 0 Å². The van der Waals surface area contributed by atoms with Gasteiger partial charge in [0, 0.05) is 25.1 Å². The van der Waals surface area contributed by atoms with Crippen LogP contribution in [0.2, 0.25) is 0 Å². The Morgan fingerprint density at radius 2 is 1.59 bits per heavy atom. The van der Waals surface area contributed by atoms with Gasteiger partial charge in [0.05, 0.1) is 56.0 Å². The van der Waals surface area contributed by atoms with Crippen molar-refractivity contribution in [3.63, 3.8) is 0 Å². The van der Waals surface area contributed by atoms with Gasteiger partial charge in [-0.1, -0.05) is 19.9 Å². The summed E-state index contributed by atoms with van der Waals surface area (Å²) in [5.74, 6) is -1.05. The molecule has 0 fully saturated rings. The highest BCUT2D eigenvalue weighted by Gasteiger charge is 2.36. The van der Waals surface area contributed by atoms with Crippen LogP contribution in [-0.2, 0) is 30.2 Å². The molecule has 0 spiro atoms. The van der Waals surface area contributed by atoms with Gasteiger partial charge in [0.1, 0.15) is 11.5 Å². The van der Waals surface area contributed by atoms with Gasteiger partial charge in [-0.05, 0) is 77.1 Å². The SMILES string of the molecule is COc1ccc(C(C)C)cc1-c1cc(C(F)(F)F)c(OC)cc1CN(Cc1cc(C#N)cc(C(F)(F)F)c1)c1ncc(OCCCC(=O)O)cn1. The molecule has 0 bridgehead atoms. The van der Waals surface area contributed by atoms with Crippen molar-refractivity contribution in [3.8, 4) is 34.4 Å². The maximum Gasteiger partial charge on any atom is 0.419 e. The number of nitrogens with zero attached hydrogens (tertiary/aromatic N) is 4. The lowest BCUT2D eigenvalue weighted by Crippen LogP contribution is -2.25. The van der Waals surface area contributed by atoms with Crippen molar-refractivity contribution >= 4 is 11.9 Å². The van der Waals surface area contributed by atoms with E-state index in [1.54, 1.807) is 24.3 Å². The monoisotopic (exact) mass is 716 g/mol. The number of carboxylic acids is 1. The normalized spacial score (nSPS) is 11.6. The highest BCUT2D eigenvalue weighted by molar-refractivity contribution is 5.76. The number of halogens is 6. The number of methoxy groups -OCH3 is 2. The van der Waals surface area contributed by atoms with Crippen LogP contribution in [0.25, 0.3) is 11.1 Å². The number of carboxylic acid groups (broad SMARTS) is 1. The fraction of sp³-hybridized carbons (Fsp3) is 0.333. The minimum Gasteiger partial charge on any atom is -0.496 e. The zero-order valence-electron chi connectivity index (χ0n) is 28.0. The number of nitriles is 1. The zero-order chi connectivity index (χ0) is 37.5. The smallest absolute Gasteiger partial charge is 0.419 e. The molecule has 1 aromatic heterocycles. The molecule has 0 aliphatic heterocycles. The summed E-state index contributed by atoms with van der Waals surface area (Å²) in [6.45, 7) is 3.35. The fourth-order valence-corrected chi connectivity index (χ4v) is 5.28. The standard InChI is InChI=1S/C36H34F6N4O5/c1-21(2)24-7-8-31(49-3)29(13-24)28-15-30(36(40,41)42)32(50-4)14-25(28)20-46(19-23-10-22(16-43)11-26(12-23)35(37,38)39)34-44-17-27(18-45-34)51-9-5-6-33(47)48/h7-8,10-15,17-18,21H,5-6,9,19-20H2,1-4H3,(H,47,48). The highest BCUT2D eigenvalue weighted by Crippen LogP contribution is 2.44. The maximum absolute atomic E-state index is 14.4. The van der Waals surface area contributed by atoms with Crippen LogP contribution in [-0.4, -0.2) is 41.9 Å². The van der Waals surface area contributed by atoms with Crippen molar-refractivity contribution in [2.24, 2.45) is 0 Å². The Bertz CT molecular complexity index is 1890. The van der Waals surface area contributed by atoms with Crippen LogP contribution in [0.15, 0.2) is 60.9 Å². The number of alkyl halides is 6. The number of aromatic nitrogens is 2. The summed E-state index contributed by atoms with van der Waals surface area (Å²) in [6.07, 6.45) is -6.93. The first-order valence-corrected chi connectivity index (χ1v) is 15.5. The summed E-state index contributed by atoms with van der Waals surface area (Å²) in [4.78, 5) is 20.9. The second-order valence-electron chi connectivity index (χ2n) is 11.8. The van der Waals surface area contributed by atoms with Gasteiger partial charge < -0.3 is 24.2 Å². The Labute approximate surface area is 290 Å². The number of ether oxygens (including phenoxy) is 3. The number of aliphatic carboxylic acids is 1. The van der Waals surface area contributed by atoms with E-state index in [1.807, 2.05) is 13.8 Å². The summed E-state index contributed by atoms with van der Waals surface area (Å²) in [5.41, 5.74) is -0.774. The molecule has 1 heterocycles. The second-order valence-corrected chi connectivity index (χ2v) is 11.8. The third-order valence-electron chi connectivity index (χ3n) is 7.80. The third kappa shape index (κ3) is 9.80. The Morgan fingerprint density at radius 3 is 2.16 bits per heavy atom. The van der Waals surface area contributed by atoms with Crippen LogP contribution in [0, 0.1) is 11.3 Å². The molecule has 0 radical (unpaired) electrons. The van der Waals surface area contributed by atoms with Crippen LogP contribution in [0.4, 0.5) is 32.3 Å². The molecule has 4 aromatic rings. The van der Waals surface area contributed by atoms with Crippen LogP contribution >= 0.6 is 0 Å². The molecule has 9 nitrogen and oxygen atoms in total. The van der Waals surface area contributed by atoms with Gasteiger partial charge in [-0.25, -0.2) is 9.97 Å². The van der Waals surface area contributed by atoms with E-state index in [9.17, 15) is 36.4 Å². The number of hydrogen-bond acceptors (Lipinski definition) is 8. The average molecular weight is 717 g/mol. The van der Waals surface area contributed by atoms with E-state index in [0.29, 0.717) is 11.6 Å². The molecule has 0 atom stereocenters. The minimum atomic E-state index is -4.81. The van der Waals surface area contributed by atoms with Crippen molar-refractivity contribution in [2.75, 3.05) is 25.7 Å². The number of hydrogen-bond donors (Lipinski definition) is 1. The van der Waals surface area contributed by atoms with Crippen molar-refractivity contribution in [1.29, 1.82) is 5.26 Å². The number of benzene rings is 3. The average Bonchev–Trinajstić information content (AvgIpc) is 3.08. The van der Waals surface area contributed by atoms with Crippen molar-refractivity contribution < 1.29 is 50.5 Å². The van der Waals surface area contributed by atoms with Gasteiger partial charge in [-0.3, -0.25) is 4.79 Å². The quantitative estimate of drug-likeness (QED) is 0.101. The third-order valence-corrected chi connectivity index (χ3v) is 7.80. The van der Waals surface area contributed by atoms with E-state index in [-0.39, 0.29) is 78.2 Å². The zero-order valence-corrected chi connectivity index (χ0v) is 28.0. The van der Waals surface area contributed by atoms with Gasteiger partial charge in [0.25, 0.3) is 0 Å². The van der Waals surface area contributed by atoms with Crippen LogP contribution < -0.4 is 19.1 Å². The predicted octanol–water partition coefficient (Wildman–Crippen LogP) is 8.64. The van der Waals surface area contributed by atoms with E-state index >= 15 is 0 Å². The molecule has 270 valence electrons. The Balaban J connectivity index is 1.89. The van der Waals surface area contributed by atoms with E-state index in [0.717, 1.165) is 24.8 Å². The van der Waals surface area contributed by atoms with E-state index < -0.39 is 35.2 Å². The summed E-state index contributed by atoms with van der Waals surface area (Å²) in [6, 6.07) is 11.9. The molecule has 15 heteroatoms. The van der Waals surface area contributed by atoms with Crippen molar-refractivity contribution in [3.05, 3.63) is 94.3 Å². The number of carbonyl (C=O) groups is 1. The van der Waals surface area contributed by atoms with Crippen molar-refractivity contribution in [2.45, 2.75) is 58.0 Å². The lowest BCUT2D eigenvalue weighted by Gasteiger charge is -2.26. The molecule has 0 aliphatic rings. The van der Waals surface area contributed by atoms with E-state index in [4.69, 9.17) is 19.3 Å². The Kier molecular flexibility index (Phi) is 12.0. The summed E-state index contributed by atoms with van der Waals surface area (Å²) in [5, 5.41) is 18.3. The topological polar surface area (TPSA) is 118 Å². The van der Waals surface area contributed by atoms with Gasteiger partial charge in [-0.2, -0.15) is 31.6 Å². The molecule has 51 heavy (non-hydrogen) atoms. The molecule has 1 N–H and O–H groups in total. The van der Waals surface area contributed by atoms with E-state index in [1.165, 1.54) is 36.5 Å². The number of rotatable bonds is 14. The first-order chi connectivity index (χ1) is 24.0. The lowest BCUT2D eigenvalue weighted by molar-refractivity contribution is -0.139. The first kappa shape index (κ1) is 38.3. The highest BCUT2D eigenvalue weighted by atomic mass is 19.4. The van der Waals surface area contributed by atoms with Crippen LogP contribution in [0.5, 0.6) is 17.2 Å². The molecular formula is C36H34F6N4O5. The molecule has 0 saturated heterocycles. The Morgan fingerprint density at radius 1 is 0.902 bits per heavy atom. The van der Waals surface area contributed by atoms with Crippen LogP contribution in [0.3, 0.4) is 0 Å². The fourth-order valence-electron chi connectivity index (χ4n) is 5.28. The predicted molar refractivity (Wildman–Crippen MR) is 175 cm³/mol. The second kappa shape index (κ2) is 16.0. The summed E-state index contributed by atoms with van der Waals surface area (Å²) < 4.78 is 101.